The van der Waals surface area contributed by atoms with Crippen molar-refractivity contribution in [2.45, 2.75) is 62.5 Å². The van der Waals surface area contributed by atoms with Gasteiger partial charge in [0, 0.05) is 38.1 Å². The van der Waals surface area contributed by atoms with Gasteiger partial charge < -0.3 is 21.1 Å². The normalized spacial score (nSPS) is 21.1. The highest BCUT2D eigenvalue weighted by Crippen LogP contribution is 2.50. The van der Waals surface area contributed by atoms with E-state index in [0.717, 1.165) is 47.9 Å². The van der Waals surface area contributed by atoms with Crippen LogP contribution < -0.4 is 16.4 Å². The molecular formula is C31H34F2N4O3. The second-order valence-corrected chi connectivity index (χ2v) is 11.0. The second-order valence-electron chi connectivity index (χ2n) is 11.0. The van der Waals surface area contributed by atoms with Crippen LogP contribution in [0.4, 0.5) is 19.4 Å². The molecule has 2 aromatic carbocycles. The fourth-order valence-corrected chi connectivity index (χ4v) is 5.79. The van der Waals surface area contributed by atoms with E-state index in [2.05, 4.69) is 15.6 Å². The summed E-state index contributed by atoms with van der Waals surface area (Å²) in [5.41, 5.74) is 9.48. The molecule has 2 saturated carbocycles. The summed E-state index contributed by atoms with van der Waals surface area (Å²) in [6.07, 6.45) is 3.97. The van der Waals surface area contributed by atoms with E-state index >= 15 is 0 Å². The topological polar surface area (TPSA) is 106 Å². The first-order chi connectivity index (χ1) is 19.1. The van der Waals surface area contributed by atoms with Crippen LogP contribution in [0.3, 0.4) is 0 Å². The highest BCUT2D eigenvalue weighted by atomic mass is 19.3. The van der Waals surface area contributed by atoms with E-state index in [1.54, 1.807) is 6.20 Å². The molecule has 2 aliphatic rings. The largest absolute Gasteiger partial charge is 0.446 e. The van der Waals surface area contributed by atoms with Crippen molar-refractivity contribution in [3.63, 3.8) is 0 Å². The molecule has 4 N–H and O–H groups in total. The molecule has 0 aliphatic heterocycles. The first kappa shape index (κ1) is 27.7. The first-order valence-electron chi connectivity index (χ1n) is 13.7. The van der Waals surface area contributed by atoms with Gasteiger partial charge in [0.05, 0.1) is 5.54 Å². The number of alkyl halides is 2. The molecule has 1 aromatic heterocycles. The summed E-state index contributed by atoms with van der Waals surface area (Å²) in [6, 6.07) is 19.0. The minimum Gasteiger partial charge on any atom is -0.446 e. The summed E-state index contributed by atoms with van der Waals surface area (Å²) in [5.74, 6) is -2.14. The first-order valence-corrected chi connectivity index (χ1v) is 13.7. The Morgan fingerprint density at radius 1 is 0.975 bits per heavy atom. The molecule has 3 aromatic rings. The van der Waals surface area contributed by atoms with Gasteiger partial charge in [-0.1, -0.05) is 54.6 Å². The predicted octanol–water partition coefficient (Wildman–Crippen LogP) is 6.24. The van der Waals surface area contributed by atoms with Crippen LogP contribution in [0.5, 0.6) is 0 Å². The van der Waals surface area contributed by atoms with Crippen LogP contribution in [0.15, 0.2) is 66.9 Å². The monoisotopic (exact) mass is 548 g/mol. The number of hydrogen-bond acceptors (Lipinski definition) is 5. The molecule has 0 atom stereocenters. The minimum absolute atomic E-state index is 0.107. The van der Waals surface area contributed by atoms with Gasteiger partial charge in [0.15, 0.2) is 0 Å². The summed E-state index contributed by atoms with van der Waals surface area (Å²) < 4.78 is 32.3. The lowest BCUT2D eigenvalue weighted by Gasteiger charge is -2.44. The maximum absolute atomic E-state index is 13.5. The van der Waals surface area contributed by atoms with Crippen molar-refractivity contribution in [3.05, 3.63) is 72.4 Å². The van der Waals surface area contributed by atoms with E-state index in [9.17, 15) is 18.4 Å². The quantitative estimate of drug-likeness (QED) is 0.324. The Kier molecular flexibility index (Phi) is 7.85. The van der Waals surface area contributed by atoms with Crippen LogP contribution >= 0.6 is 0 Å². The number of nitrogens with two attached hydrogens (primary N) is 1. The van der Waals surface area contributed by atoms with E-state index in [1.165, 1.54) is 7.05 Å². The number of benzene rings is 2. The molecule has 40 heavy (non-hydrogen) atoms. The number of nitrogens with one attached hydrogen (secondary N) is 2. The zero-order valence-corrected chi connectivity index (χ0v) is 22.5. The third-order valence-corrected chi connectivity index (χ3v) is 7.92. The summed E-state index contributed by atoms with van der Waals surface area (Å²) in [5, 5.41) is 5.42. The number of alkyl carbamates (subject to hydrolysis) is 1. The van der Waals surface area contributed by atoms with Crippen molar-refractivity contribution >= 4 is 17.8 Å². The van der Waals surface area contributed by atoms with Gasteiger partial charge in [-0.05, 0) is 59.9 Å². The van der Waals surface area contributed by atoms with Crippen LogP contribution in [0.25, 0.3) is 22.3 Å². The number of hydrogen-bond donors (Lipinski definition) is 3. The zero-order valence-electron chi connectivity index (χ0n) is 22.5. The number of pyridine rings is 1. The minimum atomic E-state index is -2.71. The van der Waals surface area contributed by atoms with Gasteiger partial charge in [-0.25, -0.2) is 18.6 Å². The lowest BCUT2D eigenvalue weighted by atomic mass is 9.69. The van der Waals surface area contributed by atoms with E-state index in [0.29, 0.717) is 17.8 Å². The van der Waals surface area contributed by atoms with E-state index < -0.39 is 17.6 Å². The number of carbonyl (C=O) groups excluding carboxylic acids is 2. The van der Waals surface area contributed by atoms with Gasteiger partial charge in [-0.2, -0.15) is 0 Å². The number of carbonyl (C=O) groups is 2. The van der Waals surface area contributed by atoms with Gasteiger partial charge in [-0.15, -0.1) is 0 Å². The maximum Gasteiger partial charge on any atom is 0.407 e. The lowest BCUT2D eigenvalue weighted by Crippen LogP contribution is -2.55. The van der Waals surface area contributed by atoms with Crippen molar-refractivity contribution in [1.82, 2.24) is 10.3 Å². The molecule has 2 fully saturated rings. The molecule has 0 spiro atoms. The van der Waals surface area contributed by atoms with Gasteiger partial charge in [-0.3, -0.25) is 4.79 Å². The van der Waals surface area contributed by atoms with Crippen LogP contribution in [-0.2, 0) is 15.1 Å². The average Bonchev–Trinajstić information content (AvgIpc) is 2.93. The molecule has 9 heteroatoms. The Morgan fingerprint density at radius 2 is 1.62 bits per heavy atom. The molecular weight excluding hydrogens is 514 g/mol. The molecule has 2 aliphatic carbocycles. The number of amides is 2. The summed E-state index contributed by atoms with van der Waals surface area (Å²) >= 11 is 0. The summed E-state index contributed by atoms with van der Waals surface area (Å²) in [6.45, 7) is 0. The van der Waals surface area contributed by atoms with E-state index in [1.807, 2.05) is 60.7 Å². The molecule has 2 amide bonds. The molecule has 0 saturated heterocycles. The highest BCUT2D eigenvalue weighted by molar-refractivity contribution is 5.92. The fraction of sp³-hybridized carbons (Fsp3) is 0.387. The molecule has 1 heterocycles. The summed E-state index contributed by atoms with van der Waals surface area (Å²) in [7, 11) is 1.54. The Labute approximate surface area is 232 Å². The molecule has 5 rings (SSSR count). The molecule has 7 nitrogen and oxygen atoms in total. The van der Waals surface area contributed by atoms with Gasteiger partial charge in [0.1, 0.15) is 11.9 Å². The third kappa shape index (κ3) is 6.31. The Morgan fingerprint density at radius 3 is 2.25 bits per heavy atom. The molecule has 0 bridgehead atoms. The van der Waals surface area contributed by atoms with E-state index in [4.69, 9.17) is 10.5 Å². The average molecular weight is 549 g/mol. The van der Waals surface area contributed by atoms with Crippen LogP contribution in [-0.4, -0.2) is 36.1 Å². The second kappa shape index (κ2) is 11.3. The number of aromatic nitrogens is 1. The van der Waals surface area contributed by atoms with Crippen molar-refractivity contribution < 1.29 is 23.1 Å². The van der Waals surface area contributed by atoms with Gasteiger partial charge in [0.25, 0.3) is 5.92 Å². The SMILES string of the molecule is CNC(=O)OC1CCC(CC(=O)Nc2cc(-c3ccccc3)c(-c3ccc(C4(N)CC(F)(F)C4)cc3)cn2)CC1. The molecule has 210 valence electrons. The summed E-state index contributed by atoms with van der Waals surface area (Å²) in [4.78, 5) is 28.9. The van der Waals surface area contributed by atoms with Gasteiger partial charge >= 0.3 is 6.09 Å². The van der Waals surface area contributed by atoms with Crippen LogP contribution in [0, 0.1) is 5.92 Å². The van der Waals surface area contributed by atoms with Crippen molar-refractivity contribution in [2.75, 3.05) is 12.4 Å². The fourth-order valence-electron chi connectivity index (χ4n) is 5.79. The number of anilines is 1. The number of nitrogens with zero attached hydrogens (tertiary/aromatic N) is 1. The lowest BCUT2D eigenvalue weighted by molar-refractivity contribution is -0.125. The van der Waals surface area contributed by atoms with Crippen molar-refractivity contribution in [1.29, 1.82) is 0 Å². The molecule has 0 radical (unpaired) electrons. The van der Waals surface area contributed by atoms with Gasteiger partial charge in [0.2, 0.25) is 5.91 Å². The highest BCUT2D eigenvalue weighted by Gasteiger charge is 2.55. The van der Waals surface area contributed by atoms with Crippen LogP contribution in [0.2, 0.25) is 0 Å². The number of ether oxygens (including phenoxy) is 1. The smallest absolute Gasteiger partial charge is 0.407 e. The predicted molar refractivity (Wildman–Crippen MR) is 150 cm³/mol. The Balaban J connectivity index is 1.29. The number of rotatable bonds is 7. The number of halogens is 2. The maximum atomic E-state index is 13.5. The zero-order chi connectivity index (χ0) is 28.3. The Hall–Kier alpha value is -3.85. The van der Waals surface area contributed by atoms with E-state index in [-0.39, 0.29) is 30.8 Å². The Bertz CT molecular complexity index is 1350. The third-order valence-electron chi connectivity index (χ3n) is 7.92. The van der Waals surface area contributed by atoms with Crippen molar-refractivity contribution in [2.24, 2.45) is 11.7 Å². The van der Waals surface area contributed by atoms with Crippen LogP contribution in [0.1, 0.15) is 50.5 Å². The molecule has 0 unspecified atom stereocenters. The van der Waals surface area contributed by atoms with Crippen molar-refractivity contribution in [3.8, 4) is 22.3 Å². The standard InChI is InChI=1S/C31H34F2N4O3/c1-35-29(39)40-24-13-7-20(8-14-24)15-28(38)37-27-16-25(21-5-3-2-4-6-21)26(17-36-27)22-9-11-23(12-10-22)30(34)18-31(32,33)19-30/h2-6,9-12,16-17,20,24H,7-8,13-15,18-19,34H2,1H3,(H,35,39)(H,36,37,38).